The summed E-state index contributed by atoms with van der Waals surface area (Å²) in [6.07, 6.45) is 2.71. The molecule has 0 aliphatic carbocycles. The van der Waals surface area contributed by atoms with Crippen molar-refractivity contribution in [3.8, 4) is 11.5 Å². The molecule has 1 saturated heterocycles. The first kappa shape index (κ1) is 20.4. The molecule has 0 radical (unpaired) electrons. The van der Waals surface area contributed by atoms with Gasteiger partial charge in [0.25, 0.3) is 0 Å². The van der Waals surface area contributed by atoms with Crippen LogP contribution in [0, 0.1) is 0 Å². The molecule has 2 aromatic carbocycles. The Morgan fingerprint density at radius 1 is 1.18 bits per heavy atom. The molecule has 2 N–H and O–H groups in total. The van der Waals surface area contributed by atoms with Crippen LogP contribution in [0.4, 0.5) is 0 Å². The van der Waals surface area contributed by atoms with Gasteiger partial charge < -0.3 is 19.5 Å². The van der Waals surface area contributed by atoms with Crippen LogP contribution in [-0.4, -0.2) is 50.3 Å². The number of aromatic hydroxyl groups is 1. The molecule has 2 aromatic rings. The highest BCUT2D eigenvalue weighted by molar-refractivity contribution is 5.83. The second kappa shape index (κ2) is 10.2. The fraction of sp³-hybridized carbons (Fsp3) is 0.435. The number of aliphatic imine (C=N–C) groups is 1. The third-order valence-corrected chi connectivity index (χ3v) is 5.14. The van der Waals surface area contributed by atoms with Gasteiger partial charge >= 0.3 is 0 Å². The normalized spacial score (nSPS) is 17.5. The summed E-state index contributed by atoms with van der Waals surface area (Å²) in [7, 11) is 0. The molecular weight excluding hydrogens is 352 g/mol. The zero-order valence-corrected chi connectivity index (χ0v) is 16.8. The van der Waals surface area contributed by atoms with Gasteiger partial charge in [0.15, 0.2) is 0 Å². The summed E-state index contributed by atoms with van der Waals surface area (Å²) in [6.45, 7) is 8.38. The van der Waals surface area contributed by atoms with Gasteiger partial charge in [0.05, 0.1) is 19.8 Å². The summed E-state index contributed by atoms with van der Waals surface area (Å²) < 4.78 is 11.1. The maximum Gasteiger partial charge on any atom is 0.136 e. The Bertz CT molecular complexity index is 758. The van der Waals surface area contributed by atoms with E-state index in [0.717, 1.165) is 32.7 Å². The number of quaternary nitrogens is 1. The van der Waals surface area contributed by atoms with Crippen LogP contribution in [0.2, 0.25) is 0 Å². The van der Waals surface area contributed by atoms with Crippen LogP contribution >= 0.6 is 0 Å². The summed E-state index contributed by atoms with van der Waals surface area (Å²) in [6, 6.07) is 16.3. The highest BCUT2D eigenvalue weighted by atomic mass is 16.5. The van der Waals surface area contributed by atoms with Crippen LogP contribution in [-0.2, 0) is 4.74 Å². The number of hydrogen-bond donors (Lipinski definition) is 2. The summed E-state index contributed by atoms with van der Waals surface area (Å²) >= 11 is 0. The van der Waals surface area contributed by atoms with Gasteiger partial charge in [0.1, 0.15) is 36.7 Å². The minimum Gasteiger partial charge on any atom is -0.507 e. The van der Waals surface area contributed by atoms with Crippen LogP contribution in [0.15, 0.2) is 53.5 Å². The number of hydrogen-bond acceptors (Lipinski definition) is 4. The lowest BCUT2D eigenvalue weighted by molar-refractivity contribution is -0.940. The van der Waals surface area contributed by atoms with Crippen LogP contribution in [0.25, 0.3) is 0 Å². The van der Waals surface area contributed by atoms with Gasteiger partial charge in [-0.25, -0.2) is 0 Å². The highest BCUT2D eigenvalue weighted by Crippen LogP contribution is 2.23. The van der Waals surface area contributed by atoms with Gasteiger partial charge in [-0.2, -0.15) is 0 Å². The summed E-state index contributed by atoms with van der Waals surface area (Å²) in [5.41, 5.74) is 2.00. The van der Waals surface area contributed by atoms with Crippen LogP contribution in [0.5, 0.6) is 11.5 Å². The predicted molar refractivity (Wildman–Crippen MR) is 112 cm³/mol. The minimum absolute atomic E-state index is 0.0749. The van der Waals surface area contributed by atoms with Crippen molar-refractivity contribution in [2.75, 3.05) is 32.9 Å². The van der Waals surface area contributed by atoms with E-state index >= 15 is 0 Å². The van der Waals surface area contributed by atoms with E-state index in [-0.39, 0.29) is 17.8 Å². The number of ether oxygens (including phenoxy) is 2. The third-order valence-electron chi connectivity index (χ3n) is 5.14. The minimum atomic E-state index is 0.0749. The van der Waals surface area contributed by atoms with Gasteiger partial charge in [-0.05, 0) is 25.5 Å². The number of phenolic OH excluding ortho intramolecular Hbond substituents is 1. The molecule has 150 valence electrons. The van der Waals surface area contributed by atoms with E-state index in [4.69, 9.17) is 14.5 Å². The largest absolute Gasteiger partial charge is 0.507 e. The quantitative estimate of drug-likeness (QED) is 0.689. The molecule has 1 aliphatic rings. The van der Waals surface area contributed by atoms with E-state index in [1.807, 2.05) is 18.2 Å². The van der Waals surface area contributed by atoms with E-state index < -0.39 is 0 Å². The molecule has 0 saturated carbocycles. The maximum absolute atomic E-state index is 10.3. The molecule has 0 amide bonds. The smallest absolute Gasteiger partial charge is 0.136 e. The van der Waals surface area contributed by atoms with Crippen molar-refractivity contribution in [3.05, 3.63) is 59.7 Å². The van der Waals surface area contributed by atoms with Crippen LogP contribution < -0.4 is 9.64 Å². The molecule has 3 rings (SSSR count). The maximum atomic E-state index is 10.3. The zero-order valence-electron chi connectivity index (χ0n) is 16.8. The number of benzene rings is 2. The Kier molecular flexibility index (Phi) is 7.46. The molecule has 28 heavy (non-hydrogen) atoms. The lowest BCUT2D eigenvalue weighted by atomic mass is 9.98. The summed E-state index contributed by atoms with van der Waals surface area (Å²) in [4.78, 5) is 6.31. The molecule has 1 fully saturated rings. The summed E-state index contributed by atoms with van der Waals surface area (Å²) in [5.74, 6) is 0.879. The molecule has 2 atom stereocenters. The number of morpholine rings is 1. The van der Waals surface area contributed by atoms with E-state index in [2.05, 4.69) is 38.1 Å². The number of nitrogens with zero attached hydrogens (tertiary/aromatic N) is 1. The molecule has 0 bridgehead atoms. The molecule has 0 unspecified atom stereocenters. The second-order valence-electron chi connectivity index (χ2n) is 7.25. The second-order valence-corrected chi connectivity index (χ2v) is 7.25. The lowest BCUT2D eigenvalue weighted by Crippen LogP contribution is -3.15. The summed E-state index contributed by atoms with van der Waals surface area (Å²) in [5, 5.41) is 10.3. The molecule has 0 spiro atoms. The van der Waals surface area contributed by atoms with E-state index in [1.165, 1.54) is 10.5 Å². The molecule has 1 heterocycles. The molecule has 5 heteroatoms. The first-order valence-corrected chi connectivity index (χ1v) is 10.1. The number of phenols is 1. The van der Waals surface area contributed by atoms with Crippen LogP contribution in [0.3, 0.4) is 0 Å². The predicted octanol–water partition coefficient (Wildman–Crippen LogP) is 2.64. The van der Waals surface area contributed by atoms with Gasteiger partial charge in [-0.15, -0.1) is 0 Å². The zero-order chi connectivity index (χ0) is 19.8. The van der Waals surface area contributed by atoms with Gasteiger partial charge in [0, 0.05) is 23.4 Å². The van der Waals surface area contributed by atoms with E-state index in [1.54, 1.807) is 12.3 Å². The highest BCUT2D eigenvalue weighted by Gasteiger charge is 2.30. The number of rotatable bonds is 8. The monoisotopic (exact) mass is 383 g/mol. The topological polar surface area (TPSA) is 55.5 Å². The van der Waals surface area contributed by atoms with Crippen molar-refractivity contribution < 1.29 is 19.5 Å². The number of nitrogens with one attached hydrogen (secondary N) is 1. The average Bonchev–Trinajstić information content (AvgIpc) is 2.73. The van der Waals surface area contributed by atoms with Crippen molar-refractivity contribution in [1.29, 1.82) is 0 Å². The molecule has 5 nitrogen and oxygen atoms in total. The molecule has 1 aliphatic heterocycles. The van der Waals surface area contributed by atoms with Crippen molar-refractivity contribution in [1.82, 2.24) is 0 Å². The van der Waals surface area contributed by atoms with Gasteiger partial charge in [0.2, 0.25) is 0 Å². The van der Waals surface area contributed by atoms with Crippen molar-refractivity contribution in [2.45, 2.75) is 32.4 Å². The van der Waals surface area contributed by atoms with Crippen molar-refractivity contribution >= 4 is 6.21 Å². The standard InChI is InChI=1S/C23H30N2O3/c1-3-13-28-21-10-9-20(22(26)16-21)17-24-18(2)23(19-7-5-4-6-8-19)25-11-14-27-15-12-25/h4-10,16-18,23,26H,3,11-15H2,1-2H3/p+1/t18-,23+/m1/s1. The fourth-order valence-corrected chi connectivity index (χ4v) is 3.69. The first-order chi connectivity index (χ1) is 13.7. The van der Waals surface area contributed by atoms with Crippen molar-refractivity contribution in [3.63, 3.8) is 0 Å². The van der Waals surface area contributed by atoms with E-state index in [0.29, 0.717) is 17.9 Å². The van der Waals surface area contributed by atoms with Gasteiger partial charge in [-0.1, -0.05) is 37.3 Å². The average molecular weight is 384 g/mol. The Labute approximate surface area is 167 Å². The van der Waals surface area contributed by atoms with Crippen LogP contribution in [0.1, 0.15) is 37.4 Å². The molecule has 0 aromatic heterocycles. The Hall–Kier alpha value is -2.37. The Balaban J connectivity index is 1.76. The van der Waals surface area contributed by atoms with E-state index in [9.17, 15) is 5.11 Å². The fourth-order valence-electron chi connectivity index (χ4n) is 3.69. The SMILES string of the molecule is CCCOc1ccc(C=N[C@H](C)[C@@H](c2ccccc2)[NH+]2CCOCC2)c(O)c1. The third kappa shape index (κ3) is 5.33. The Morgan fingerprint density at radius 2 is 1.93 bits per heavy atom. The lowest BCUT2D eigenvalue weighted by Gasteiger charge is -2.33. The van der Waals surface area contributed by atoms with Crippen molar-refractivity contribution in [2.24, 2.45) is 4.99 Å². The first-order valence-electron chi connectivity index (χ1n) is 10.1. The van der Waals surface area contributed by atoms with Gasteiger partial charge in [-0.3, -0.25) is 4.99 Å². The molecular formula is C23H31N2O3+. The Morgan fingerprint density at radius 3 is 2.61 bits per heavy atom.